The number of carbonyl (C=O) groups is 2. The number of carbonyl (C=O) groups excluding carboxylic acids is 2. The molecule has 0 fully saturated rings. The van der Waals surface area contributed by atoms with E-state index in [2.05, 4.69) is 25.9 Å². The van der Waals surface area contributed by atoms with Crippen molar-refractivity contribution in [1.82, 2.24) is 10.4 Å². The monoisotopic (exact) mass is 454 g/mol. The van der Waals surface area contributed by atoms with Gasteiger partial charge in [-0.25, -0.2) is 5.01 Å². The molecule has 0 saturated heterocycles. The van der Waals surface area contributed by atoms with E-state index in [1.54, 1.807) is 18.2 Å². The Balaban J connectivity index is 2.01. The minimum atomic E-state index is -0.313. The summed E-state index contributed by atoms with van der Waals surface area (Å²) >= 11 is 0. The quantitative estimate of drug-likeness (QED) is 0.316. The third-order valence-electron chi connectivity index (χ3n) is 6.18. The maximum Gasteiger partial charge on any atom is 0.272 e. The summed E-state index contributed by atoms with van der Waals surface area (Å²) in [5.41, 5.74) is 8.25. The molecule has 2 amide bonds. The fourth-order valence-electron chi connectivity index (χ4n) is 4.27. The lowest BCUT2D eigenvalue weighted by Crippen LogP contribution is -2.53. The molecule has 176 valence electrons. The van der Waals surface area contributed by atoms with Crippen LogP contribution in [0, 0.1) is 13.8 Å². The zero-order chi connectivity index (χ0) is 24.7. The Kier molecular flexibility index (Phi) is 8.42. The molecule has 0 saturated carbocycles. The standard InChI is InChI=1S/C30H34N2O2/c1-6-11-28(23(5)25-12-9-8-10-13-25)32(30(34)27-19-21(3)18-22(4)20-27)31-29(33)26-16-14-24(7-2)15-17-26/h6,8-10,12-20,23,28H,1,7,11H2,2-5H3,(H,31,33). The Morgan fingerprint density at radius 1 is 0.941 bits per heavy atom. The van der Waals surface area contributed by atoms with Crippen LogP contribution >= 0.6 is 0 Å². The van der Waals surface area contributed by atoms with Crippen molar-refractivity contribution in [2.24, 2.45) is 0 Å². The van der Waals surface area contributed by atoms with Gasteiger partial charge in [-0.3, -0.25) is 15.0 Å². The summed E-state index contributed by atoms with van der Waals surface area (Å²) in [7, 11) is 0. The first-order chi connectivity index (χ1) is 16.3. The molecule has 3 rings (SSSR count). The highest BCUT2D eigenvalue weighted by Gasteiger charge is 2.31. The smallest absolute Gasteiger partial charge is 0.267 e. The van der Waals surface area contributed by atoms with Gasteiger partial charge in [0.25, 0.3) is 11.8 Å². The molecule has 34 heavy (non-hydrogen) atoms. The Bertz CT molecular complexity index is 1120. The lowest BCUT2D eigenvalue weighted by Gasteiger charge is -2.35. The van der Waals surface area contributed by atoms with E-state index in [1.165, 1.54) is 5.01 Å². The maximum absolute atomic E-state index is 13.8. The average Bonchev–Trinajstić information content (AvgIpc) is 2.85. The van der Waals surface area contributed by atoms with Crippen LogP contribution in [0.1, 0.15) is 69.2 Å². The predicted molar refractivity (Wildman–Crippen MR) is 139 cm³/mol. The number of hydrazine groups is 1. The summed E-state index contributed by atoms with van der Waals surface area (Å²) in [4.78, 5) is 27.1. The minimum Gasteiger partial charge on any atom is -0.267 e. The Morgan fingerprint density at radius 2 is 1.56 bits per heavy atom. The van der Waals surface area contributed by atoms with E-state index < -0.39 is 0 Å². The van der Waals surface area contributed by atoms with Gasteiger partial charge < -0.3 is 0 Å². The molecule has 0 spiro atoms. The van der Waals surface area contributed by atoms with Crippen molar-refractivity contribution in [3.05, 3.63) is 119 Å². The van der Waals surface area contributed by atoms with Crippen molar-refractivity contribution in [3.8, 4) is 0 Å². The molecule has 1 N–H and O–H groups in total. The van der Waals surface area contributed by atoms with Crippen molar-refractivity contribution in [2.75, 3.05) is 0 Å². The van der Waals surface area contributed by atoms with Gasteiger partial charge in [0.1, 0.15) is 0 Å². The third-order valence-corrected chi connectivity index (χ3v) is 6.18. The first-order valence-electron chi connectivity index (χ1n) is 11.8. The van der Waals surface area contributed by atoms with Crippen LogP contribution < -0.4 is 5.43 Å². The lowest BCUT2D eigenvalue weighted by molar-refractivity contribution is 0.0452. The molecule has 2 atom stereocenters. The number of benzene rings is 3. The third kappa shape index (κ3) is 6.02. The van der Waals surface area contributed by atoms with Gasteiger partial charge >= 0.3 is 0 Å². The van der Waals surface area contributed by atoms with Crippen LogP contribution in [0.2, 0.25) is 0 Å². The van der Waals surface area contributed by atoms with Gasteiger partial charge in [-0.1, -0.05) is 79.6 Å². The zero-order valence-corrected chi connectivity index (χ0v) is 20.5. The van der Waals surface area contributed by atoms with Gasteiger partial charge in [0.05, 0.1) is 6.04 Å². The molecule has 0 aliphatic heterocycles. The van der Waals surface area contributed by atoms with Crippen LogP contribution in [0.3, 0.4) is 0 Å². The van der Waals surface area contributed by atoms with Gasteiger partial charge in [-0.2, -0.15) is 0 Å². The lowest BCUT2D eigenvalue weighted by atomic mass is 9.90. The van der Waals surface area contributed by atoms with E-state index in [9.17, 15) is 9.59 Å². The first-order valence-corrected chi connectivity index (χ1v) is 11.8. The molecule has 0 aliphatic rings. The molecule has 4 nitrogen and oxygen atoms in total. The fraction of sp³-hybridized carbons (Fsp3) is 0.267. The van der Waals surface area contributed by atoms with Crippen molar-refractivity contribution >= 4 is 11.8 Å². The molecule has 4 heteroatoms. The first kappa shape index (κ1) is 25.0. The predicted octanol–water partition coefficient (Wildman–Crippen LogP) is 6.40. The molecule has 2 unspecified atom stereocenters. The molecule has 0 aliphatic carbocycles. The van der Waals surface area contributed by atoms with Crippen molar-refractivity contribution < 1.29 is 9.59 Å². The summed E-state index contributed by atoms with van der Waals surface area (Å²) in [6, 6.07) is 23.0. The molecule has 0 radical (unpaired) electrons. The van der Waals surface area contributed by atoms with Crippen LogP contribution in [0.15, 0.2) is 85.5 Å². The number of nitrogens with zero attached hydrogens (tertiary/aromatic N) is 1. The Morgan fingerprint density at radius 3 is 2.12 bits per heavy atom. The summed E-state index contributed by atoms with van der Waals surface area (Å²) in [5, 5.41) is 1.50. The van der Waals surface area contributed by atoms with Gasteiger partial charge in [0.2, 0.25) is 0 Å². The Labute approximate surface area is 203 Å². The second kappa shape index (κ2) is 11.5. The van der Waals surface area contributed by atoms with Crippen LogP contribution in [0.4, 0.5) is 0 Å². The number of amides is 2. The van der Waals surface area contributed by atoms with E-state index in [1.807, 2.05) is 74.5 Å². The molecule has 0 aromatic heterocycles. The van der Waals surface area contributed by atoms with Crippen molar-refractivity contribution in [1.29, 1.82) is 0 Å². The van der Waals surface area contributed by atoms with Crippen molar-refractivity contribution in [2.45, 2.75) is 52.5 Å². The SMILES string of the molecule is C=CCC(C(C)c1ccccc1)N(NC(=O)c1ccc(CC)cc1)C(=O)c1cc(C)cc(C)c1. The van der Waals surface area contributed by atoms with Gasteiger partial charge in [0, 0.05) is 17.0 Å². The molecule has 0 bridgehead atoms. The molecular formula is C30H34N2O2. The zero-order valence-electron chi connectivity index (χ0n) is 20.5. The summed E-state index contributed by atoms with van der Waals surface area (Å²) in [6.07, 6.45) is 3.23. The maximum atomic E-state index is 13.8. The number of rotatable bonds is 8. The van der Waals surface area contributed by atoms with E-state index in [0.717, 1.165) is 28.7 Å². The van der Waals surface area contributed by atoms with E-state index in [4.69, 9.17) is 0 Å². The van der Waals surface area contributed by atoms with Gasteiger partial charge in [-0.15, -0.1) is 6.58 Å². The Hall–Kier alpha value is -3.66. The summed E-state index contributed by atoms with van der Waals surface area (Å²) in [6.45, 7) is 12.0. The van der Waals surface area contributed by atoms with Crippen LogP contribution in [-0.2, 0) is 6.42 Å². The summed E-state index contributed by atoms with van der Waals surface area (Å²) in [5.74, 6) is -0.577. The van der Waals surface area contributed by atoms with Gasteiger partial charge in [-0.05, 0) is 62.1 Å². The molecule has 0 heterocycles. The molecule has 3 aromatic rings. The normalized spacial score (nSPS) is 12.5. The highest BCUT2D eigenvalue weighted by atomic mass is 16.2. The molecular weight excluding hydrogens is 420 g/mol. The number of nitrogens with one attached hydrogen (secondary N) is 1. The second-order valence-electron chi connectivity index (χ2n) is 8.83. The highest BCUT2D eigenvalue weighted by Crippen LogP contribution is 2.27. The average molecular weight is 455 g/mol. The largest absolute Gasteiger partial charge is 0.272 e. The number of aryl methyl sites for hydroxylation is 3. The second-order valence-corrected chi connectivity index (χ2v) is 8.83. The topological polar surface area (TPSA) is 49.4 Å². The summed E-state index contributed by atoms with van der Waals surface area (Å²) < 4.78 is 0. The molecule has 3 aromatic carbocycles. The number of hydrogen-bond donors (Lipinski definition) is 1. The van der Waals surface area contributed by atoms with E-state index >= 15 is 0 Å². The number of hydrogen-bond acceptors (Lipinski definition) is 2. The fourth-order valence-corrected chi connectivity index (χ4v) is 4.27. The van der Waals surface area contributed by atoms with E-state index in [0.29, 0.717) is 17.5 Å². The van der Waals surface area contributed by atoms with Crippen molar-refractivity contribution in [3.63, 3.8) is 0 Å². The van der Waals surface area contributed by atoms with Crippen LogP contribution in [0.25, 0.3) is 0 Å². The van der Waals surface area contributed by atoms with Crippen LogP contribution in [0.5, 0.6) is 0 Å². The van der Waals surface area contributed by atoms with E-state index in [-0.39, 0.29) is 23.8 Å². The minimum absolute atomic E-state index is 0.0307. The van der Waals surface area contributed by atoms with Gasteiger partial charge in [0.15, 0.2) is 0 Å². The highest BCUT2D eigenvalue weighted by molar-refractivity contribution is 5.99. The van der Waals surface area contributed by atoms with Crippen LogP contribution in [-0.4, -0.2) is 22.9 Å².